The molecule has 174 valence electrons. The van der Waals surface area contributed by atoms with Crippen molar-refractivity contribution in [1.29, 1.82) is 0 Å². The maximum absolute atomic E-state index is 15.5. The van der Waals surface area contributed by atoms with Crippen molar-refractivity contribution in [3.05, 3.63) is 132 Å². The van der Waals surface area contributed by atoms with Crippen molar-refractivity contribution in [1.82, 2.24) is 4.34 Å². The summed E-state index contributed by atoms with van der Waals surface area (Å²) >= 11 is 0. The maximum Gasteiger partial charge on any atom is 0.234 e. The third-order valence-electron chi connectivity index (χ3n) is 7.84. The van der Waals surface area contributed by atoms with E-state index in [1.54, 1.807) is 0 Å². The zero-order chi connectivity index (χ0) is 24.5. The van der Waals surface area contributed by atoms with E-state index < -0.39 is 7.29 Å². The third kappa shape index (κ3) is 2.77. The average Bonchev–Trinajstić information content (AvgIpc) is 3.37. The molecule has 5 aromatic carbocycles. The van der Waals surface area contributed by atoms with Gasteiger partial charge in [-0.15, -0.1) is 0 Å². The van der Waals surface area contributed by atoms with Crippen LogP contribution >= 0.6 is 7.29 Å². The van der Waals surface area contributed by atoms with Gasteiger partial charge in [0.05, 0.1) is 11.0 Å². The van der Waals surface area contributed by atoms with E-state index >= 15 is 4.57 Å². The topological polar surface area (TPSA) is 22.0 Å². The number of hydrogen-bond donors (Lipinski definition) is 0. The number of hydrogen-bond acceptors (Lipinski definition) is 1. The fourth-order valence-electron chi connectivity index (χ4n) is 6.09. The van der Waals surface area contributed by atoms with Gasteiger partial charge in [-0.2, -0.15) is 0 Å². The van der Waals surface area contributed by atoms with Gasteiger partial charge in [-0.1, -0.05) is 92.7 Å². The molecule has 0 radical (unpaired) electrons. The van der Waals surface area contributed by atoms with Crippen LogP contribution in [-0.2, 0) is 9.98 Å². The zero-order valence-corrected chi connectivity index (χ0v) is 21.2. The van der Waals surface area contributed by atoms with Gasteiger partial charge in [-0.3, -0.25) is 8.90 Å². The molecule has 1 aliphatic rings. The van der Waals surface area contributed by atoms with Crippen molar-refractivity contribution < 1.29 is 4.57 Å². The van der Waals surface area contributed by atoms with E-state index in [0.29, 0.717) is 0 Å². The standard InChI is InChI=1S/C33H26NOP/c1-33(2)29-19-11-9-17-25(29)27-22-32-28(21-30(27)33)26-18-10-12-20-31(26)34(32)36(35,23-13-5-3-6-14-23)24-15-7-4-8-16-24/h3-22H,1-2H3. The van der Waals surface area contributed by atoms with Crippen LogP contribution in [0, 0.1) is 0 Å². The molecule has 7 rings (SSSR count). The second-order valence-corrected chi connectivity index (χ2v) is 12.7. The van der Waals surface area contributed by atoms with Crippen molar-refractivity contribution in [3.63, 3.8) is 0 Å². The molecule has 1 aliphatic carbocycles. The molecule has 0 unspecified atom stereocenters. The summed E-state index contributed by atoms with van der Waals surface area (Å²) in [6.07, 6.45) is 0. The molecule has 2 nitrogen and oxygen atoms in total. The van der Waals surface area contributed by atoms with Crippen molar-refractivity contribution in [2.24, 2.45) is 0 Å². The molecule has 0 fully saturated rings. The van der Waals surface area contributed by atoms with Crippen molar-refractivity contribution >= 4 is 39.7 Å². The Morgan fingerprint density at radius 1 is 0.556 bits per heavy atom. The summed E-state index contributed by atoms with van der Waals surface area (Å²) in [5.41, 5.74) is 7.10. The first-order valence-electron chi connectivity index (χ1n) is 12.4. The molecule has 0 saturated heterocycles. The molecule has 0 aliphatic heterocycles. The van der Waals surface area contributed by atoms with Gasteiger partial charge in [0.2, 0.25) is 7.29 Å². The van der Waals surface area contributed by atoms with Gasteiger partial charge in [-0.25, -0.2) is 0 Å². The van der Waals surface area contributed by atoms with Crippen LogP contribution in [0.4, 0.5) is 0 Å². The highest BCUT2D eigenvalue weighted by atomic mass is 31.2. The second kappa shape index (κ2) is 7.56. The smallest absolute Gasteiger partial charge is 0.234 e. The molecule has 0 bridgehead atoms. The molecule has 3 heteroatoms. The fourth-order valence-corrected chi connectivity index (χ4v) is 8.95. The highest BCUT2D eigenvalue weighted by Crippen LogP contribution is 2.55. The summed E-state index contributed by atoms with van der Waals surface area (Å²) in [4.78, 5) is 0. The molecule has 1 heterocycles. The number of nitrogens with zero attached hydrogens (tertiary/aromatic N) is 1. The van der Waals surface area contributed by atoms with E-state index in [4.69, 9.17) is 0 Å². The van der Waals surface area contributed by atoms with Crippen LogP contribution in [0.2, 0.25) is 0 Å². The molecule has 0 amide bonds. The SMILES string of the molecule is CC1(C)c2ccccc2-c2cc3c(cc21)c1ccccc1n3P(=O)(c1ccccc1)c1ccccc1. The largest absolute Gasteiger partial charge is 0.290 e. The van der Waals surface area contributed by atoms with E-state index in [9.17, 15) is 0 Å². The lowest BCUT2D eigenvalue weighted by atomic mass is 9.82. The lowest BCUT2D eigenvalue weighted by Crippen LogP contribution is -2.21. The van der Waals surface area contributed by atoms with E-state index in [1.165, 1.54) is 22.3 Å². The molecule has 0 atom stereocenters. The van der Waals surface area contributed by atoms with Gasteiger partial charge in [-0.05, 0) is 64.7 Å². The Labute approximate surface area is 211 Å². The Bertz CT molecular complexity index is 1790. The summed E-state index contributed by atoms with van der Waals surface area (Å²) < 4.78 is 17.7. The first-order valence-corrected chi connectivity index (χ1v) is 14.1. The first kappa shape index (κ1) is 21.4. The van der Waals surface area contributed by atoms with Crippen LogP contribution in [0.15, 0.2) is 121 Å². The highest BCUT2D eigenvalue weighted by Gasteiger charge is 2.38. The van der Waals surface area contributed by atoms with Crippen LogP contribution in [0.25, 0.3) is 32.9 Å². The van der Waals surface area contributed by atoms with E-state index in [-0.39, 0.29) is 5.41 Å². The number of rotatable bonds is 3. The van der Waals surface area contributed by atoms with Crippen LogP contribution in [-0.4, -0.2) is 4.34 Å². The van der Waals surface area contributed by atoms with Crippen LogP contribution in [0.1, 0.15) is 25.0 Å². The molecule has 0 N–H and O–H groups in total. The molecule has 36 heavy (non-hydrogen) atoms. The van der Waals surface area contributed by atoms with Gasteiger partial charge >= 0.3 is 0 Å². The van der Waals surface area contributed by atoms with Crippen molar-refractivity contribution in [3.8, 4) is 11.1 Å². The molecule has 0 spiro atoms. The van der Waals surface area contributed by atoms with E-state index in [2.05, 4.69) is 72.8 Å². The minimum atomic E-state index is -3.24. The van der Waals surface area contributed by atoms with Crippen LogP contribution < -0.4 is 10.6 Å². The number of para-hydroxylation sites is 1. The Morgan fingerprint density at radius 2 is 1.14 bits per heavy atom. The predicted molar refractivity (Wildman–Crippen MR) is 152 cm³/mol. The van der Waals surface area contributed by atoms with E-state index in [0.717, 1.165) is 32.4 Å². The monoisotopic (exact) mass is 483 g/mol. The Balaban J connectivity index is 1.67. The lowest BCUT2D eigenvalue weighted by Gasteiger charge is -2.24. The first-order chi connectivity index (χ1) is 17.5. The molecule has 6 aromatic rings. The van der Waals surface area contributed by atoms with Gasteiger partial charge < -0.3 is 0 Å². The van der Waals surface area contributed by atoms with E-state index in [1.807, 2.05) is 66.7 Å². The third-order valence-corrected chi connectivity index (χ3v) is 10.8. The summed E-state index contributed by atoms with van der Waals surface area (Å²) in [5.74, 6) is 0. The summed E-state index contributed by atoms with van der Waals surface area (Å²) in [6.45, 7) is 4.61. The van der Waals surface area contributed by atoms with Crippen LogP contribution in [0.3, 0.4) is 0 Å². The zero-order valence-electron chi connectivity index (χ0n) is 20.3. The van der Waals surface area contributed by atoms with Crippen molar-refractivity contribution in [2.75, 3.05) is 0 Å². The normalized spacial score (nSPS) is 14.2. The summed E-state index contributed by atoms with van der Waals surface area (Å²) in [5, 5.41) is 3.95. The van der Waals surface area contributed by atoms with Crippen LogP contribution in [0.5, 0.6) is 0 Å². The number of benzene rings is 5. The summed E-state index contributed by atoms with van der Waals surface area (Å²) in [6, 6.07) is 41.6. The quantitative estimate of drug-likeness (QED) is 0.235. The lowest BCUT2D eigenvalue weighted by molar-refractivity contribution is 0.583. The molecular formula is C33H26NOP. The van der Waals surface area contributed by atoms with Gasteiger partial charge in [0.25, 0.3) is 0 Å². The molecule has 0 saturated carbocycles. The molecular weight excluding hydrogens is 457 g/mol. The fraction of sp³-hybridized carbons (Fsp3) is 0.0909. The second-order valence-electron chi connectivity index (χ2n) is 10.2. The van der Waals surface area contributed by atoms with Crippen molar-refractivity contribution in [2.45, 2.75) is 19.3 Å². The maximum atomic E-state index is 15.5. The summed E-state index contributed by atoms with van der Waals surface area (Å²) in [7, 11) is -3.24. The minimum absolute atomic E-state index is 0.0914. The predicted octanol–water partition coefficient (Wildman–Crippen LogP) is 7.88. The molecule has 1 aromatic heterocycles. The highest BCUT2D eigenvalue weighted by molar-refractivity contribution is 7.77. The Kier molecular flexibility index (Phi) is 4.50. The number of fused-ring (bicyclic) bond motifs is 6. The van der Waals surface area contributed by atoms with Gasteiger partial charge in [0, 0.05) is 26.8 Å². The number of aromatic nitrogens is 1. The Hall–Kier alpha value is -3.87. The average molecular weight is 484 g/mol. The Morgan fingerprint density at radius 3 is 1.83 bits per heavy atom. The minimum Gasteiger partial charge on any atom is -0.290 e. The van der Waals surface area contributed by atoms with Gasteiger partial charge in [0.1, 0.15) is 0 Å². The van der Waals surface area contributed by atoms with Gasteiger partial charge in [0.15, 0.2) is 0 Å².